The number of hydrogen-bond donors (Lipinski definition) is 2. The number of benzene rings is 1. The molecule has 7 heteroatoms. The van der Waals surface area contributed by atoms with Crippen LogP contribution in [0, 0.1) is 0 Å². The van der Waals surface area contributed by atoms with Crippen LogP contribution in [0.1, 0.15) is 10.4 Å². The Hall–Kier alpha value is -2.25. The lowest BCUT2D eigenvalue weighted by molar-refractivity contribution is 0.104. The third-order valence-corrected chi connectivity index (χ3v) is 1.66. The van der Waals surface area contributed by atoms with Crippen molar-refractivity contribution in [2.24, 2.45) is 22.1 Å². The molecule has 0 amide bonds. The fourth-order valence-electron chi connectivity index (χ4n) is 0.998. The van der Waals surface area contributed by atoms with Gasteiger partial charge in [-0.05, 0) is 0 Å². The first-order valence-electron chi connectivity index (χ1n) is 4.22. The summed E-state index contributed by atoms with van der Waals surface area (Å²) in [5, 5.41) is 6.50. The molecular formula is C9H10N4O3. The monoisotopic (exact) mass is 222 g/mol. The van der Waals surface area contributed by atoms with E-state index in [0.717, 1.165) is 6.21 Å². The summed E-state index contributed by atoms with van der Waals surface area (Å²) in [5.74, 6) is 9.01. The van der Waals surface area contributed by atoms with Crippen LogP contribution in [0.4, 0.5) is 0 Å². The third-order valence-electron chi connectivity index (χ3n) is 1.66. The Morgan fingerprint density at radius 3 is 2.44 bits per heavy atom. The van der Waals surface area contributed by atoms with Gasteiger partial charge in [0.1, 0.15) is 6.21 Å². The second-order valence-corrected chi connectivity index (χ2v) is 2.62. The molecule has 0 unspecified atom stereocenters. The van der Waals surface area contributed by atoms with E-state index < -0.39 is 5.78 Å². The van der Waals surface area contributed by atoms with E-state index in [4.69, 9.17) is 5.90 Å². The largest absolute Gasteiger partial charge is 0.303 e. The molecule has 7 nitrogen and oxygen atoms in total. The molecule has 0 saturated heterocycles. The summed E-state index contributed by atoms with van der Waals surface area (Å²) in [6, 6.07) is 8.44. The van der Waals surface area contributed by atoms with E-state index in [1.165, 1.54) is 0 Å². The Balaban J connectivity index is 2.93. The first kappa shape index (κ1) is 11.8. The molecule has 16 heavy (non-hydrogen) atoms. The highest BCUT2D eigenvalue weighted by Gasteiger charge is 2.12. The molecule has 0 aliphatic rings. The third kappa shape index (κ3) is 3.15. The zero-order chi connectivity index (χ0) is 11.8. The van der Waals surface area contributed by atoms with Gasteiger partial charge in [-0.1, -0.05) is 40.6 Å². The molecule has 0 fully saturated rings. The second kappa shape index (κ2) is 6.27. The highest BCUT2D eigenvalue weighted by molar-refractivity contribution is 6.64. The van der Waals surface area contributed by atoms with Gasteiger partial charge in [0.2, 0.25) is 5.78 Å². The first-order chi connectivity index (χ1) is 7.79. The Labute approximate surface area is 91.2 Å². The average Bonchev–Trinajstić information content (AvgIpc) is 2.35. The van der Waals surface area contributed by atoms with Crippen LogP contribution in [-0.2, 0) is 9.88 Å². The molecule has 1 aromatic carbocycles. The van der Waals surface area contributed by atoms with Gasteiger partial charge in [-0.2, -0.15) is 0 Å². The number of rotatable bonds is 5. The number of hydrogen-bond acceptors (Lipinski definition) is 7. The molecule has 0 heterocycles. The van der Waals surface area contributed by atoms with Crippen LogP contribution < -0.4 is 11.8 Å². The van der Waals surface area contributed by atoms with Crippen molar-refractivity contribution in [3.05, 3.63) is 35.9 Å². The molecular weight excluding hydrogens is 212 g/mol. The van der Waals surface area contributed by atoms with E-state index in [0.29, 0.717) is 5.56 Å². The van der Waals surface area contributed by atoms with Gasteiger partial charge >= 0.3 is 0 Å². The topological polar surface area (TPSA) is 112 Å². The molecule has 1 rings (SSSR count). The normalized spacial score (nSPS) is 11.5. The van der Waals surface area contributed by atoms with Gasteiger partial charge in [0.05, 0.1) is 0 Å². The van der Waals surface area contributed by atoms with Crippen LogP contribution in [0.5, 0.6) is 0 Å². The van der Waals surface area contributed by atoms with Gasteiger partial charge in [0.15, 0.2) is 5.71 Å². The molecule has 0 atom stereocenters. The zero-order valence-electron chi connectivity index (χ0n) is 8.24. The lowest BCUT2D eigenvalue weighted by Gasteiger charge is -1.98. The quantitative estimate of drug-likeness (QED) is 0.413. The van der Waals surface area contributed by atoms with E-state index in [1.54, 1.807) is 30.3 Å². The van der Waals surface area contributed by atoms with Gasteiger partial charge < -0.3 is 9.88 Å². The van der Waals surface area contributed by atoms with E-state index in [-0.39, 0.29) is 5.71 Å². The van der Waals surface area contributed by atoms with Crippen molar-refractivity contribution in [2.45, 2.75) is 0 Å². The van der Waals surface area contributed by atoms with E-state index >= 15 is 0 Å². The van der Waals surface area contributed by atoms with Gasteiger partial charge in [-0.15, -0.1) is 11.8 Å². The molecule has 0 saturated carbocycles. The Morgan fingerprint density at radius 2 is 1.88 bits per heavy atom. The number of ketones is 1. The predicted octanol–water partition coefficient (Wildman–Crippen LogP) is -0.00830. The smallest absolute Gasteiger partial charge is 0.216 e. The Morgan fingerprint density at radius 1 is 1.19 bits per heavy atom. The van der Waals surface area contributed by atoms with Crippen molar-refractivity contribution in [1.82, 2.24) is 0 Å². The maximum absolute atomic E-state index is 11.8. The van der Waals surface area contributed by atoms with Crippen LogP contribution in [-0.4, -0.2) is 17.7 Å². The van der Waals surface area contributed by atoms with Crippen molar-refractivity contribution in [3.8, 4) is 0 Å². The number of nitrogens with zero attached hydrogens (tertiary/aromatic N) is 2. The molecule has 0 aliphatic heterocycles. The van der Waals surface area contributed by atoms with E-state index in [1.807, 2.05) is 0 Å². The summed E-state index contributed by atoms with van der Waals surface area (Å²) in [4.78, 5) is 19.8. The molecule has 0 aromatic heterocycles. The van der Waals surface area contributed by atoms with Crippen molar-refractivity contribution in [1.29, 1.82) is 0 Å². The molecule has 0 aliphatic carbocycles. The number of Topliss-reactive ketones (excluding diaryl/α,β-unsaturated/α-hetero) is 1. The Bertz CT molecular complexity index is 402. The fraction of sp³-hybridized carbons (Fsp3) is 0. The maximum Gasteiger partial charge on any atom is 0.216 e. The average molecular weight is 222 g/mol. The van der Waals surface area contributed by atoms with Gasteiger partial charge in [-0.3, -0.25) is 4.79 Å². The second-order valence-electron chi connectivity index (χ2n) is 2.62. The van der Waals surface area contributed by atoms with Gasteiger partial charge in [0.25, 0.3) is 0 Å². The maximum atomic E-state index is 11.8. The Kier molecular flexibility index (Phi) is 4.64. The molecule has 84 valence electrons. The molecule has 0 radical (unpaired) electrons. The highest BCUT2D eigenvalue weighted by Crippen LogP contribution is 2.01. The van der Waals surface area contributed by atoms with Crippen LogP contribution in [0.25, 0.3) is 0 Å². The van der Waals surface area contributed by atoms with E-state index in [9.17, 15) is 4.79 Å². The first-order valence-corrected chi connectivity index (χ1v) is 4.22. The molecule has 4 N–H and O–H groups in total. The van der Waals surface area contributed by atoms with Gasteiger partial charge in [0, 0.05) is 5.56 Å². The van der Waals surface area contributed by atoms with Crippen LogP contribution >= 0.6 is 0 Å². The summed E-state index contributed by atoms with van der Waals surface area (Å²) in [6.07, 6.45) is 1.00. The standard InChI is InChI=1S/C9H10N4O3/c10-15-12-6-8(13-16-11)9(14)7-4-2-1-3-5-7/h1-6H,10-11H2. The highest BCUT2D eigenvalue weighted by atomic mass is 16.8. The summed E-state index contributed by atoms with van der Waals surface area (Å²) in [5.41, 5.74) is 0.293. The SMILES string of the molecule is NON=CC(=NON)C(=O)c1ccccc1. The minimum atomic E-state index is -0.410. The number of nitrogens with two attached hydrogens (primary N) is 2. The number of carbonyl (C=O) groups excluding carboxylic acids is 1. The minimum absolute atomic E-state index is 0.126. The number of carbonyl (C=O) groups is 1. The van der Waals surface area contributed by atoms with Crippen LogP contribution in [0.15, 0.2) is 40.6 Å². The summed E-state index contributed by atoms with van der Waals surface area (Å²) >= 11 is 0. The molecule has 0 bridgehead atoms. The lowest BCUT2D eigenvalue weighted by Crippen LogP contribution is -2.17. The summed E-state index contributed by atoms with van der Waals surface area (Å²) in [6.45, 7) is 0. The molecule has 0 spiro atoms. The molecule has 1 aromatic rings. The summed E-state index contributed by atoms with van der Waals surface area (Å²) < 4.78 is 0. The predicted molar refractivity (Wildman–Crippen MR) is 57.2 cm³/mol. The zero-order valence-corrected chi connectivity index (χ0v) is 8.24. The van der Waals surface area contributed by atoms with Crippen LogP contribution in [0.2, 0.25) is 0 Å². The van der Waals surface area contributed by atoms with Crippen molar-refractivity contribution in [2.75, 3.05) is 0 Å². The number of oxime groups is 2. The van der Waals surface area contributed by atoms with Crippen molar-refractivity contribution < 1.29 is 14.7 Å². The summed E-state index contributed by atoms with van der Waals surface area (Å²) in [7, 11) is 0. The van der Waals surface area contributed by atoms with Crippen molar-refractivity contribution in [3.63, 3.8) is 0 Å². The lowest BCUT2D eigenvalue weighted by atomic mass is 10.1. The van der Waals surface area contributed by atoms with Crippen LogP contribution in [0.3, 0.4) is 0 Å². The van der Waals surface area contributed by atoms with Crippen molar-refractivity contribution >= 4 is 17.7 Å². The van der Waals surface area contributed by atoms with E-state index in [2.05, 4.69) is 26.1 Å². The minimum Gasteiger partial charge on any atom is -0.303 e. The van der Waals surface area contributed by atoms with Gasteiger partial charge in [-0.25, -0.2) is 0 Å². The fourth-order valence-corrected chi connectivity index (χ4v) is 0.998.